The number of hydrogen-bond donors (Lipinski definition) is 0. The molecule has 0 amide bonds. The first-order valence-corrected chi connectivity index (χ1v) is 4.83. The van der Waals surface area contributed by atoms with E-state index in [9.17, 15) is 0 Å². The van der Waals surface area contributed by atoms with Gasteiger partial charge in [0.25, 0.3) is 0 Å². The van der Waals surface area contributed by atoms with E-state index < -0.39 is 0 Å². The van der Waals surface area contributed by atoms with E-state index >= 15 is 0 Å². The largest absolute Gasteiger partial charge is 0.468 e. The molecule has 0 aliphatic heterocycles. The van der Waals surface area contributed by atoms with E-state index in [0.29, 0.717) is 10.5 Å². The van der Waals surface area contributed by atoms with Crippen LogP contribution in [0.3, 0.4) is 0 Å². The van der Waals surface area contributed by atoms with Gasteiger partial charge in [0.1, 0.15) is 5.76 Å². The summed E-state index contributed by atoms with van der Waals surface area (Å²) in [5.74, 6) is 1.07. The SMILES string of the molecule is CC(C)SC(C)c1ccco1. The van der Waals surface area contributed by atoms with Crippen LogP contribution in [0.5, 0.6) is 0 Å². The topological polar surface area (TPSA) is 13.1 Å². The van der Waals surface area contributed by atoms with Crippen LogP contribution in [0.25, 0.3) is 0 Å². The van der Waals surface area contributed by atoms with Gasteiger partial charge in [-0.05, 0) is 24.3 Å². The summed E-state index contributed by atoms with van der Waals surface area (Å²) in [6, 6.07) is 3.97. The Labute approximate surface area is 72.2 Å². The van der Waals surface area contributed by atoms with Gasteiger partial charge in [0.2, 0.25) is 0 Å². The van der Waals surface area contributed by atoms with E-state index in [4.69, 9.17) is 4.42 Å². The Hall–Kier alpha value is -0.370. The maximum atomic E-state index is 5.28. The van der Waals surface area contributed by atoms with E-state index in [1.54, 1.807) is 6.26 Å². The summed E-state index contributed by atoms with van der Waals surface area (Å²) in [4.78, 5) is 0. The normalized spacial score (nSPS) is 13.8. The van der Waals surface area contributed by atoms with Crippen molar-refractivity contribution in [3.8, 4) is 0 Å². The second-order valence-corrected chi connectivity index (χ2v) is 4.76. The highest BCUT2D eigenvalue weighted by Crippen LogP contribution is 2.31. The van der Waals surface area contributed by atoms with Gasteiger partial charge in [0.15, 0.2) is 0 Å². The Kier molecular flexibility index (Phi) is 3.06. The van der Waals surface area contributed by atoms with Crippen LogP contribution in [0, 0.1) is 0 Å². The molecule has 0 saturated carbocycles. The highest BCUT2D eigenvalue weighted by atomic mass is 32.2. The molecule has 1 aromatic heterocycles. The molecule has 0 N–H and O–H groups in total. The first kappa shape index (κ1) is 8.72. The molecule has 0 aliphatic rings. The number of thioether (sulfide) groups is 1. The monoisotopic (exact) mass is 170 g/mol. The van der Waals surface area contributed by atoms with Crippen molar-refractivity contribution in [2.75, 3.05) is 0 Å². The van der Waals surface area contributed by atoms with Crippen molar-refractivity contribution in [1.29, 1.82) is 0 Å². The zero-order valence-electron chi connectivity index (χ0n) is 7.20. The summed E-state index contributed by atoms with van der Waals surface area (Å²) in [6.07, 6.45) is 1.73. The maximum Gasteiger partial charge on any atom is 0.116 e. The predicted molar refractivity (Wildman–Crippen MR) is 49.9 cm³/mol. The van der Waals surface area contributed by atoms with Gasteiger partial charge in [-0.2, -0.15) is 0 Å². The molecule has 1 nitrogen and oxygen atoms in total. The fourth-order valence-corrected chi connectivity index (χ4v) is 2.08. The summed E-state index contributed by atoms with van der Waals surface area (Å²) < 4.78 is 5.28. The lowest BCUT2D eigenvalue weighted by molar-refractivity contribution is 0.512. The minimum Gasteiger partial charge on any atom is -0.468 e. The fraction of sp³-hybridized carbons (Fsp3) is 0.556. The molecule has 0 aliphatic carbocycles. The number of furan rings is 1. The van der Waals surface area contributed by atoms with E-state index in [2.05, 4.69) is 20.8 Å². The van der Waals surface area contributed by atoms with Crippen LogP contribution in [-0.2, 0) is 0 Å². The Morgan fingerprint density at radius 1 is 1.36 bits per heavy atom. The highest BCUT2D eigenvalue weighted by molar-refractivity contribution is 8.00. The van der Waals surface area contributed by atoms with Crippen LogP contribution in [0.2, 0.25) is 0 Å². The lowest BCUT2D eigenvalue weighted by atomic mass is 10.4. The standard InChI is InChI=1S/C9H14OS/c1-7(2)11-8(3)9-5-4-6-10-9/h4-8H,1-3H3. The molecule has 0 fully saturated rings. The summed E-state index contributed by atoms with van der Waals surface area (Å²) >= 11 is 1.92. The number of hydrogen-bond acceptors (Lipinski definition) is 2. The van der Waals surface area contributed by atoms with Gasteiger partial charge >= 0.3 is 0 Å². The van der Waals surface area contributed by atoms with Crippen LogP contribution >= 0.6 is 11.8 Å². The van der Waals surface area contributed by atoms with Crippen molar-refractivity contribution in [2.24, 2.45) is 0 Å². The molecule has 2 heteroatoms. The maximum absolute atomic E-state index is 5.28. The van der Waals surface area contributed by atoms with E-state index in [1.807, 2.05) is 23.9 Å². The molecule has 1 atom stereocenters. The zero-order chi connectivity index (χ0) is 8.27. The first-order chi connectivity index (χ1) is 5.20. The third-order valence-electron chi connectivity index (χ3n) is 1.42. The Bertz CT molecular complexity index is 191. The molecule has 1 aromatic rings. The van der Waals surface area contributed by atoms with Gasteiger partial charge in [-0.15, -0.1) is 11.8 Å². The van der Waals surface area contributed by atoms with Crippen LogP contribution in [0.15, 0.2) is 22.8 Å². The summed E-state index contributed by atoms with van der Waals surface area (Å²) in [5.41, 5.74) is 0. The molecule has 0 radical (unpaired) electrons. The van der Waals surface area contributed by atoms with Gasteiger partial charge in [0.05, 0.1) is 11.5 Å². The summed E-state index contributed by atoms with van der Waals surface area (Å²) in [7, 11) is 0. The Morgan fingerprint density at radius 3 is 2.55 bits per heavy atom. The predicted octanol–water partition coefficient (Wildman–Crippen LogP) is 3.48. The molecule has 0 bridgehead atoms. The van der Waals surface area contributed by atoms with Crippen molar-refractivity contribution in [3.05, 3.63) is 24.2 Å². The van der Waals surface area contributed by atoms with Crippen molar-refractivity contribution in [2.45, 2.75) is 31.3 Å². The van der Waals surface area contributed by atoms with Crippen molar-refractivity contribution < 1.29 is 4.42 Å². The third kappa shape index (κ3) is 2.62. The lowest BCUT2D eigenvalue weighted by Crippen LogP contribution is -1.92. The van der Waals surface area contributed by atoms with Gasteiger partial charge in [-0.3, -0.25) is 0 Å². The fourth-order valence-electron chi connectivity index (χ4n) is 0.998. The van der Waals surface area contributed by atoms with Crippen molar-refractivity contribution in [1.82, 2.24) is 0 Å². The van der Waals surface area contributed by atoms with Gasteiger partial charge < -0.3 is 4.42 Å². The molecule has 1 heterocycles. The van der Waals surface area contributed by atoms with Crippen LogP contribution in [-0.4, -0.2) is 5.25 Å². The second kappa shape index (κ2) is 3.86. The molecular formula is C9H14OS. The molecule has 11 heavy (non-hydrogen) atoms. The first-order valence-electron chi connectivity index (χ1n) is 3.89. The molecule has 62 valence electrons. The van der Waals surface area contributed by atoms with Crippen molar-refractivity contribution >= 4 is 11.8 Å². The minimum atomic E-state index is 0.477. The van der Waals surface area contributed by atoms with Crippen LogP contribution in [0.1, 0.15) is 31.8 Å². The van der Waals surface area contributed by atoms with E-state index in [-0.39, 0.29) is 0 Å². The van der Waals surface area contributed by atoms with Gasteiger partial charge in [-0.25, -0.2) is 0 Å². The quantitative estimate of drug-likeness (QED) is 0.689. The van der Waals surface area contributed by atoms with Crippen LogP contribution < -0.4 is 0 Å². The van der Waals surface area contributed by atoms with Crippen LogP contribution in [0.4, 0.5) is 0 Å². The zero-order valence-corrected chi connectivity index (χ0v) is 8.02. The lowest BCUT2D eigenvalue weighted by Gasteiger charge is -2.10. The summed E-state index contributed by atoms with van der Waals surface area (Å²) in [5, 5.41) is 1.14. The molecule has 0 aromatic carbocycles. The Morgan fingerprint density at radius 2 is 2.09 bits per heavy atom. The second-order valence-electron chi connectivity index (χ2n) is 2.84. The average Bonchev–Trinajstić information content (AvgIpc) is 2.35. The molecule has 1 unspecified atom stereocenters. The third-order valence-corrected chi connectivity index (χ3v) is 2.61. The summed E-state index contributed by atoms with van der Waals surface area (Å²) in [6.45, 7) is 6.57. The molecular weight excluding hydrogens is 156 g/mol. The highest BCUT2D eigenvalue weighted by Gasteiger charge is 2.09. The minimum absolute atomic E-state index is 0.477. The van der Waals surface area contributed by atoms with Gasteiger partial charge in [0, 0.05) is 0 Å². The number of rotatable bonds is 3. The average molecular weight is 170 g/mol. The van der Waals surface area contributed by atoms with E-state index in [1.165, 1.54) is 0 Å². The smallest absolute Gasteiger partial charge is 0.116 e. The van der Waals surface area contributed by atoms with Gasteiger partial charge in [-0.1, -0.05) is 13.8 Å². The molecule has 1 rings (SSSR count). The Balaban J connectivity index is 2.49. The van der Waals surface area contributed by atoms with Crippen molar-refractivity contribution in [3.63, 3.8) is 0 Å². The van der Waals surface area contributed by atoms with E-state index in [0.717, 1.165) is 5.76 Å². The molecule has 0 spiro atoms. The molecule has 0 saturated heterocycles.